The molecule has 78 valence electrons. The molecule has 0 fully saturated rings. The molecule has 0 aromatic heterocycles. The SMILES string of the molecule is BCCN(C(C)I)C(C)(CC)CC. The molecule has 0 aliphatic heterocycles. The fraction of sp³-hybridized carbons (Fsp3) is 1.00. The summed E-state index contributed by atoms with van der Waals surface area (Å²) in [5, 5.41) is 0. The lowest BCUT2D eigenvalue weighted by Crippen LogP contribution is -2.48. The zero-order valence-electron chi connectivity index (χ0n) is 9.73. The van der Waals surface area contributed by atoms with E-state index in [1.165, 1.54) is 25.7 Å². The highest BCUT2D eigenvalue weighted by molar-refractivity contribution is 14.1. The van der Waals surface area contributed by atoms with E-state index in [1.807, 2.05) is 0 Å². The van der Waals surface area contributed by atoms with Gasteiger partial charge in [-0.15, -0.1) is 0 Å². The Labute approximate surface area is 98.2 Å². The molecule has 0 aliphatic rings. The number of rotatable bonds is 6. The van der Waals surface area contributed by atoms with Gasteiger partial charge in [-0.25, -0.2) is 0 Å². The first-order valence-electron chi connectivity index (χ1n) is 5.42. The van der Waals surface area contributed by atoms with Crippen LogP contribution in [0.25, 0.3) is 0 Å². The second-order valence-electron chi connectivity index (χ2n) is 3.97. The van der Waals surface area contributed by atoms with Crippen molar-refractivity contribution in [2.24, 2.45) is 0 Å². The van der Waals surface area contributed by atoms with Crippen LogP contribution in [0.4, 0.5) is 0 Å². The van der Waals surface area contributed by atoms with Gasteiger partial charge in [-0.1, -0.05) is 42.8 Å². The normalized spacial score (nSPS) is 14.9. The lowest BCUT2D eigenvalue weighted by molar-refractivity contribution is 0.101. The molecule has 0 N–H and O–H groups in total. The van der Waals surface area contributed by atoms with Crippen molar-refractivity contribution in [2.45, 2.75) is 56.4 Å². The predicted molar refractivity (Wildman–Crippen MR) is 72.5 cm³/mol. The number of alkyl halides is 1. The molecule has 0 aromatic rings. The first-order valence-corrected chi connectivity index (χ1v) is 6.67. The van der Waals surface area contributed by atoms with Crippen molar-refractivity contribution >= 4 is 30.4 Å². The van der Waals surface area contributed by atoms with Gasteiger partial charge in [0.25, 0.3) is 0 Å². The average molecular weight is 295 g/mol. The van der Waals surface area contributed by atoms with Crippen LogP contribution in [0.3, 0.4) is 0 Å². The molecule has 0 aromatic carbocycles. The highest BCUT2D eigenvalue weighted by atomic mass is 127. The summed E-state index contributed by atoms with van der Waals surface area (Å²) in [6.07, 6.45) is 3.75. The Hall–Kier alpha value is 0.755. The van der Waals surface area contributed by atoms with Gasteiger partial charge in [-0.2, -0.15) is 0 Å². The smallest absolute Gasteiger partial charge is 0.103 e. The zero-order chi connectivity index (χ0) is 10.5. The van der Waals surface area contributed by atoms with Crippen LogP contribution in [0.5, 0.6) is 0 Å². The van der Waals surface area contributed by atoms with Crippen LogP contribution in [-0.4, -0.2) is 28.9 Å². The second kappa shape index (κ2) is 6.28. The van der Waals surface area contributed by atoms with Crippen LogP contribution in [-0.2, 0) is 0 Å². The minimum Gasteiger partial charge on any atom is -0.287 e. The Bertz CT molecular complexity index is 135. The van der Waals surface area contributed by atoms with Gasteiger partial charge in [-0.05, 0) is 33.2 Å². The number of halogens is 1. The Morgan fingerprint density at radius 3 is 2.08 bits per heavy atom. The van der Waals surface area contributed by atoms with Crippen molar-refractivity contribution in [1.82, 2.24) is 4.90 Å². The molecule has 3 heteroatoms. The van der Waals surface area contributed by atoms with E-state index in [4.69, 9.17) is 0 Å². The summed E-state index contributed by atoms with van der Waals surface area (Å²) in [6.45, 7) is 10.5. The molecule has 1 unspecified atom stereocenters. The van der Waals surface area contributed by atoms with Gasteiger partial charge in [0.15, 0.2) is 0 Å². The monoisotopic (exact) mass is 295 g/mol. The molecule has 13 heavy (non-hydrogen) atoms. The van der Waals surface area contributed by atoms with Crippen molar-refractivity contribution in [1.29, 1.82) is 0 Å². The summed E-state index contributed by atoms with van der Waals surface area (Å²) in [6, 6.07) is 0. The van der Waals surface area contributed by atoms with E-state index < -0.39 is 0 Å². The van der Waals surface area contributed by atoms with E-state index in [2.05, 4.69) is 63.0 Å². The molecule has 1 atom stereocenters. The van der Waals surface area contributed by atoms with E-state index in [-0.39, 0.29) is 0 Å². The fourth-order valence-electron chi connectivity index (χ4n) is 1.77. The molecular weight excluding hydrogens is 272 g/mol. The lowest BCUT2D eigenvalue weighted by Gasteiger charge is -2.42. The third-order valence-electron chi connectivity index (χ3n) is 3.11. The largest absolute Gasteiger partial charge is 0.287 e. The van der Waals surface area contributed by atoms with E-state index >= 15 is 0 Å². The third kappa shape index (κ3) is 3.78. The van der Waals surface area contributed by atoms with Gasteiger partial charge in [0.1, 0.15) is 7.85 Å². The molecule has 0 aliphatic carbocycles. The molecule has 0 saturated carbocycles. The summed E-state index contributed by atoms with van der Waals surface area (Å²) in [4.78, 5) is 2.63. The van der Waals surface area contributed by atoms with Gasteiger partial charge >= 0.3 is 0 Å². The van der Waals surface area contributed by atoms with Crippen LogP contribution in [0.15, 0.2) is 0 Å². The van der Waals surface area contributed by atoms with Gasteiger partial charge < -0.3 is 0 Å². The zero-order valence-corrected chi connectivity index (χ0v) is 11.9. The fourth-order valence-corrected chi connectivity index (χ4v) is 2.73. The maximum absolute atomic E-state index is 2.63. The molecule has 0 amide bonds. The topological polar surface area (TPSA) is 3.24 Å². The van der Waals surface area contributed by atoms with E-state index in [0.717, 1.165) is 0 Å². The number of hydrogen-bond donors (Lipinski definition) is 0. The van der Waals surface area contributed by atoms with Crippen molar-refractivity contribution in [2.75, 3.05) is 6.54 Å². The quantitative estimate of drug-likeness (QED) is 0.315. The first-order chi connectivity index (χ1) is 6.01. The Balaban J connectivity index is 4.48. The van der Waals surface area contributed by atoms with Gasteiger partial charge in [-0.3, -0.25) is 4.90 Å². The van der Waals surface area contributed by atoms with Crippen molar-refractivity contribution in [3.63, 3.8) is 0 Å². The second-order valence-corrected chi connectivity index (χ2v) is 5.77. The molecule has 0 bridgehead atoms. The predicted octanol–water partition coefficient (Wildman–Crippen LogP) is 2.70. The minimum absolute atomic E-state index is 0.399. The minimum atomic E-state index is 0.399. The van der Waals surface area contributed by atoms with E-state index in [1.54, 1.807) is 0 Å². The van der Waals surface area contributed by atoms with Crippen molar-refractivity contribution < 1.29 is 0 Å². The van der Waals surface area contributed by atoms with Crippen LogP contribution in [0.2, 0.25) is 6.32 Å². The van der Waals surface area contributed by atoms with Gasteiger partial charge in [0.05, 0.1) is 4.05 Å². The third-order valence-corrected chi connectivity index (χ3v) is 3.78. The standard InChI is InChI=1S/C10H23BIN/c1-5-10(4,6-2)13(8-7-11)9(3)12/h9H,5-8,11H2,1-4H3. The molecule has 0 saturated heterocycles. The van der Waals surface area contributed by atoms with Gasteiger partial charge in [0.2, 0.25) is 0 Å². The van der Waals surface area contributed by atoms with Crippen molar-refractivity contribution in [3.8, 4) is 0 Å². The van der Waals surface area contributed by atoms with E-state index in [9.17, 15) is 0 Å². The summed E-state index contributed by atoms with van der Waals surface area (Å²) in [5.41, 5.74) is 0.399. The maximum atomic E-state index is 2.63. The van der Waals surface area contributed by atoms with Crippen LogP contribution < -0.4 is 0 Å². The maximum Gasteiger partial charge on any atom is 0.103 e. The molecule has 0 rings (SSSR count). The average Bonchev–Trinajstić information content (AvgIpc) is 2.12. The molecular formula is C10H23BIN. The molecule has 0 spiro atoms. The van der Waals surface area contributed by atoms with Crippen molar-refractivity contribution in [3.05, 3.63) is 0 Å². The Morgan fingerprint density at radius 2 is 1.85 bits per heavy atom. The Morgan fingerprint density at radius 1 is 1.38 bits per heavy atom. The first kappa shape index (κ1) is 13.8. The van der Waals surface area contributed by atoms with Crippen LogP contribution in [0, 0.1) is 0 Å². The summed E-state index contributed by atoms with van der Waals surface area (Å²) >= 11 is 2.53. The van der Waals surface area contributed by atoms with Gasteiger partial charge in [0, 0.05) is 5.54 Å². The summed E-state index contributed by atoms with van der Waals surface area (Å²) in [7, 11) is 2.26. The number of hydrogen-bond acceptors (Lipinski definition) is 1. The molecule has 0 heterocycles. The number of nitrogens with zero attached hydrogens (tertiary/aromatic N) is 1. The Kier molecular flexibility index (Phi) is 6.64. The highest BCUT2D eigenvalue weighted by Crippen LogP contribution is 2.27. The van der Waals surface area contributed by atoms with Crippen LogP contribution >= 0.6 is 22.6 Å². The lowest BCUT2D eigenvalue weighted by atomic mass is 9.91. The summed E-state index contributed by atoms with van der Waals surface area (Å²) in [5.74, 6) is 0. The summed E-state index contributed by atoms with van der Waals surface area (Å²) < 4.78 is 0.641. The molecule has 0 radical (unpaired) electrons. The van der Waals surface area contributed by atoms with Crippen LogP contribution in [0.1, 0.15) is 40.5 Å². The van der Waals surface area contributed by atoms with E-state index in [0.29, 0.717) is 9.59 Å². The molecule has 1 nitrogen and oxygen atoms in total. The highest BCUT2D eigenvalue weighted by Gasteiger charge is 2.29.